The molecule has 0 aliphatic rings. The second kappa shape index (κ2) is 11.5. The van der Waals surface area contributed by atoms with Crippen LogP contribution in [0, 0.1) is 0 Å². The van der Waals surface area contributed by atoms with E-state index in [1.54, 1.807) is 4.90 Å². The second-order valence-electron chi connectivity index (χ2n) is 7.41. The molecule has 0 fully saturated rings. The summed E-state index contributed by atoms with van der Waals surface area (Å²) in [5.74, 6) is -0.207. The van der Waals surface area contributed by atoms with Crippen molar-refractivity contribution in [1.29, 1.82) is 0 Å². The maximum atomic E-state index is 13.5. The molecule has 0 aromatic heterocycles. The third kappa shape index (κ3) is 6.79. The van der Waals surface area contributed by atoms with Crippen LogP contribution in [0.25, 0.3) is 0 Å². The third-order valence-corrected chi connectivity index (χ3v) is 5.56. The number of halogens is 1. The largest absolute Gasteiger partial charge is 0.355 e. The lowest BCUT2D eigenvalue weighted by Crippen LogP contribution is -2.50. The molecule has 0 saturated carbocycles. The van der Waals surface area contributed by atoms with Crippen molar-refractivity contribution in [3.05, 3.63) is 106 Å². The van der Waals surface area contributed by atoms with Crippen LogP contribution in [0.5, 0.6) is 0 Å². The first-order chi connectivity index (χ1) is 15.1. The highest BCUT2D eigenvalue weighted by molar-refractivity contribution is 9.10. The average Bonchev–Trinajstić information content (AvgIpc) is 2.77. The van der Waals surface area contributed by atoms with Crippen LogP contribution < -0.4 is 5.32 Å². The Kier molecular flexibility index (Phi) is 8.42. The van der Waals surface area contributed by atoms with Gasteiger partial charge in [-0.1, -0.05) is 88.7 Å². The standard InChI is InChI=1S/C26H27BrN2O2/c1-2-28-26(31)24(17-20-10-5-3-6-11-20)29(19-22-14-9-15-23(27)16-22)25(30)18-21-12-7-4-8-13-21/h3-16,24H,2,17-19H2,1H3,(H,28,31)/t24-/m1/s1. The summed E-state index contributed by atoms with van der Waals surface area (Å²) in [4.78, 5) is 28.3. The molecule has 0 spiro atoms. The number of carbonyl (C=O) groups is 2. The Bertz CT molecular complexity index is 993. The monoisotopic (exact) mass is 478 g/mol. The fourth-order valence-corrected chi connectivity index (χ4v) is 4.00. The van der Waals surface area contributed by atoms with Crippen molar-refractivity contribution in [3.63, 3.8) is 0 Å². The fourth-order valence-electron chi connectivity index (χ4n) is 3.55. The molecule has 2 amide bonds. The zero-order valence-corrected chi connectivity index (χ0v) is 19.2. The predicted octanol–water partition coefficient (Wildman–Crippen LogP) is 4.77. The van der Waals surface area contributed by atoms with Gasteiger partial charge in [0.1, 0.15) is 6.04 Å². The molecule has 31 heavy (non-hydrogen) atoms. The number of likely N-dealkylation sites (N-methyl/N-ethyl adjacent to an activating group) is 1. The van der Waals surface area contributed by atoms with Gasteiger partial charge in [0.2, 0.25) is 11.8 Å². The SMILES string of the molecule is CCNC(=O)[C@@H](Cc1ccccc1)N(Cc1cccc(Br)c1)C(=O)Cc1ccccc1. The van der Waals surface area contributed by atoms with E-state index in [2.05, 4.69) is 21.2 Å². The van der Waals surface area contributed by atoms with Crippen molar-refractivity contribution in [1.82, 2.24) is 10.2 Å². The number of hydrogen-bond donors (Lipinski definition) is 1. The Morgan fingerprint density at radius 2 is 1.48 bits per heavy atom. The summed E-state index contributed by atoms with van der Waals surface area (Å²) in [6, 6.07) is 26.7. The van der Waals surface area contributed by atoms with Gasteiger partial charge in [0.25, 0.3) is 0 Å². The van der Waals surface area contributed by atoms with Crippen LogP contribution in [0.15, 0.2) is 89.4 Å². The van der Waals surface area contributed by atoms with Crippen molar-refractivity contribution in [2.45, 2.75) is 32.4 Å². The Morgan fingerprint density at radius 1 is 0.871 bits per heavy atom. The molecule has 0 radical (unpaired) electrons. The van der Waals surface area contributed by atoms with Gasteiger partial charge in [-0.25, -0.2) is 0 Å². The minimum absolute atomic E-state index is 0.0710. The summed E-state index contributed by atoms with van der Waals surface area (Å²) >= 11 is 3.50. The van der Waals surface area contributed by atoms with Crippen LogP contribution in [-0.4, -0.2) is 29.3 Å². The molecule has 160 valence electrons. The summed E-state index contributed by atoms with van der Waals surface area (Å²) in [7, 11) is 0. The average molecular weight is 479 g/mol. The topological polar surface area (TPSA) is 49.4 Å². The lowest BCUT2D eigenvalue weighted by molar-refractivity contribution is -0.140. The van der Waals surface area contributed by atoms with E-state index in [1.807, 2.05) is 91.9 Å². The van der Waals surface area contributed by atoms with E-state index >= 15 is 0 Å². The zero-order valence-electron chi connectivity index (χ0n) is 17.6. The zero-order chi connectivity index (χ0) is 22.1. The molecule has 1 N–H and O–H groups in total. The number of nitrogens with zero attached hydrogens (tertiary/aromatic N) is 1. The second-order valence-corrected chi connectivity index (χ2v) is 8.33. The van der Waals surface area contributed by atoms with Gasteiger partial charge in [-0.15, -0.1) is 0 Å². The third-order valence-electron chi connectivity index (χ3n) is 5.06. The molecule has 0 aliphatic carbocycles. The Labute approximate surface area is 192 Å². The van der Waals surface area contributed by atoms with Gasteiger partial charge in [-0.3, -0.25) is 9.59 Å². The van der Waals surface area contributed by atoms with Gasteiger partial charge in [0.05, 0.1) is 6.42 Å². The van der Waals surface area contributed by atoms with Crippen LogP contribution in [0.4, 0.5) is 0 Å². The molecule has 3 aromatic rings. The molecule has 3 rings (SSSR count). The molecule has 5 heteroatoms. The highest BCUT2D eigenvalue weighted by Crippen LogP contribution is 2.19. The van der Waals surface area contributed by atoms with Crippen molar-refractivity contribution < 1.29 is 9.59 Å². The predicted molar refractivity (Wildman–Crippen MR) is 127 cm³/mol. The van der Waals surface area contributed by atoms with Crippen LogP contribution in [-0.2, 0) is 29.0 Å². The van der Waals surface area contributed by atoms with E-state index in [9.17, 15) is 9.59 Å². The first-order valence-electron chi connectivity index (χ1n) is 10.5. The van der Waals surface area contributed by atoms with Gasteiger partial charge in [-0.2, -0.15) is 0 Å². The lowest BCUT2D eigenvalue weighted by atomic mass is 10.0. The van der Waals surface area contributed by atoms with Gasteiger partial charge >= 0.3 is 0 Å². The van der Waals surface area contributed by atoms with E-state index in [-0.39, 0.29) is 18.2 Å². The van der Waals surface area contributed by atoms with Crippen LogP contribution in [0.1, 0.15) is 23.6 Å². The maximum absolute atomic E-state index is 13.5. The molecule has 0 saturated heterocycles. The number of amides is 2. The molecule has 0 aliphatic heterocycles. The molecular weight excluding hydrogens is 452 g/mol. The number of nitrogens with one attached hydrogen (secondary N) is 1. The summed E-state index contributed by atoms with van der Waals surface area (Å²) in [5.41, 5.74) is 2.92. The Balaban J connectivity index is 1.94. The lowest BCUT2D eigenvalue weighted by Gasteiger charge is -2.31. The van der Waals surface area contributed by atoms with Crippen molar-refractivity contribution in [3.8, 4) is 0 Å². The summed E-state index contributed by atoms with van der Waals surface area (Å²) in [5, 5.41) is 2.92. The van der Waals surface area contributed by atoms with E-state index in [0.717, 1.165) is 21.2 Å². The van der Waals surface area contributed by atoms with Crippen LogP contribution in [0.3, 0.4) is 0 Å². The molecule has 0 unspecified atom stereocenters. The number of rotatable bonds is 9. The van der Waals surface area contributed by atoms with Crippen LogP contribution >= 0.6 is 15.9 Å². The van der Waals surface area contributed by atoms with Gasteiger partial charge < -0.3 is 10.2 Å². The van der Waals surface area contributed by atoms with E-state index in [0.29, 0.717) is 19.5 Å². The summed E-state index contributed by atoms with van der Waals surface area (Å²) in [6.45, 7) is 2.77. The molecule has 1 atom stereocenters. The summed E-state index contributed by atoms with van der Waals surface area (Å²) in [6.07, 6.45) is 0.709. The number of carbonyl (C=O) groups excluding carboxylic acids is 2. The number of benzene rings is 3. The normalized spacial score (nSPS) is 11.5. The van der Waals surface area contributed by atoms with E-state index in [4.69, 9.17) is 0 Å². The minimum Gasteiger partial charge on any atom is -0.355 e. The minimum atomic E-state index is -0.599. The van der Waals surface area contributed by atoms with Gasteiger partial charge in [-0.05, 0) is 35.7 Å². The van der Waals surface area contributed by atoms with Crippen molar-refractivity contribution in [2.75, 3.05) is 6.54 Å². The smallest absolute Gasteiger partial charge is 0.243 e. The molecule has 3 aromatic carbocycles. The highest BCUT2D eigenvalue weighted by Gasteiger charge is 2.30. The van der Waals surface area contributed by atoms with E-state index < -0.39 is 6.04 Å². The first kappa shape index (κ1) is 22.8. The maximum Gasteiger partial charge on any atom is 0.243 e. The van der Waals surface area contributed by atoms with Crippen LogP contribution in [0.2, 0.25) is 0 Å². The molecule has 0 bridgehead atoms. The fraction of sp³-hybridized carbons (Fsp3) is 0.231. The van der Waals surface area contributed by atoms with Gasteiger partial charge in [0.15, 0.2) is 0 Å². The van der Waals surface area contributed by atoms with E-state index in [1.165, 1.54) is 0 Å². The molecule has 0 heterocycles. The highest BCUT2D eigenvalue weighted by atomic mass is 79.9. The summed E-state index contributed by atoms with van der Waals surface area (Å²) < 4.78 is 0.943. The Hall–Kier alpha value is -2.92. The molecular formula is C26H27BrN2O2. The quantitative estimate of drug-likeness (QED) is 0.481. The first-order valence-corrected chi connectivity index (χ1v) is 11.3. The Morgan fingerprint density at radius 3 is 2.10 bits per heavy atom. The van der Waals surface area contributed by atoms with Crippen molar-refractivity contribution in [2.24, 2.45) is 0 Å². The number of hydrogen-bond acceptors (Lipinski definition) is 2. The van der Waals surface area contributed by atoms with Crippen molar-refractivity contribution >= 4 is 27.7 Å². The molecule has 4 nitrogen and oxygen atoms in total. The van der Waals surface area contributed by atoms with Gasteiger partial charge in [0, 0.05) is 24.0 Å².